The van der Waals surface area contributed by atoms with E-state index in [1.807, 2.05) is 19.1 Å². The van der Waals surface area contributed by atoms with Gasteiger partial charge in [-0.05, 0) is 31.1 Å². The third-order valence-corrected chi connectivity index (χ3v) is 4.24. The number of rotatable bonds is 4. The summed E-state index contributed by atoms with van der Waals surface area (Å²) >= 11 is 7.32. The number of carbonyl (C=O) groups excluding carboxylic acids is 1. The summed E-state index contributed by atoms with van der Waals surface area (Å²) in [5, 5.41) is 3.19. The first-order chi connectivity index (χ1) is 7.16. The van der Waals surface area contributed by atoms with Crippen molar-refractivity contribution in [3.8, 4) is 0 Å². The van der Waals surface area contributed by atoms with Crippen LogP contribution < -0.4 is 5.32 Å². The molecule has 2 heterocycles. The predicted molar refractivity (Wildman–Crippen MR) is 63.6 cm³/mol. The number of nitrogens with one attached hydrogen (secondary N) is 1. The van der Waals surface area contributed by atoms with Crippen molar-refractivity contribution >= 4 is 28.7 Å². The lowest BCUT2D eigenvalue weighted by Crippen LogP contribution is -2.47. The van der Waals surface area contributed by atoms with E-state index in [0.717, 1.165) is 22.3 Å². The molecule has 1 aromatic heterocycles. The highest BCUT2D eigenvalue weighted by Crippen LogP contribution is 2.24. The summed E-state index contributed by atoms with van der Waals surface area (Å²) < 4.78 is 0.760. The quantitative estimate of drug-likeness (QED) is 0.880. The number of hydrogen-bond donors (Lipinski definition) is 1. The van der Waals surface area contributed by atoms with E-state index in [1.165, 1.54) is 11.3 Å². The number of hydrogen-bond acceptors (Lipinski definition) is 3. The number of thiophene rings is 1. The van der Waals surface area contributed by atoms with Gasteiger partial charge in [0.25, 0.3) is 0 Å². The highest BCUT2D eigenvalue weighted by molar-refractivity contribution is 7.16. The second kappa shape index (κ2) is 4.64. The van der Waals surface area contributed by atoms with Crippen molar-refractivity contribution in [2.24, 2.45) is 11.8 Å². The van der Waals surface area contributed by atoms with Gasteiger partial charge in [-0.25, -0.2) is 0 Å². The molecule has 0 aliphatic carbocycles. The van der Waals surface area contributed by atoms with Crippen LogP contribution in [0.3, 0.4) is 0 Å². The maximum absolute atomic E-state index is 11.9. The molecule has 0 saturated carbocycles. The highest BCUT2D eigenvalue weighted by atomic mass is 35.5. The molecule has 82 valence electrons. The summed E-state index contributed by atoms with van der Waals surface area (Å²) in [6, 6.07) is 3.79. The minimum absolute atomic E-state index is 0.173. The molecule has 1 aromatic rings. The van der Waals surface area contributed by atoms with Crippen LogP contribution in [0.2, 0.25) is 4.34 Å². The number of ketones is 1. The number of halogens is 1. The molecule has 2 nitrogen and oxygen atoms in total. The number of carbonyl (C=O) groups is 1. The first kappa shape index (κ1) is 11.1. The SMILES string of the molecule is CC(C(=O)Cc1ccc(Cl)s1)C1CNC1. The van der Waals surface area contributed by atoms with E-state index in [9.17, 15) is 4.79 Å². The van der Waals surface area contributed by atoms with Gasteiger partial charge in [-0.3, -0.25) is 4.79 Å². The van der Waals surface area contributed by atoms with Crippen LogP contribution >= 0.6 is 22.9 Å². The molecule has 0 spiro atoms. The molecule has 15 heavy (non-hydrogen) atoms. The standard InChI is InChI=1S/C11H14ClNOS/c1-7(8-5-13-6-8)10(14)4-9-2-3-11(12)15-9/h2-3,7-8,13H,4-6H2,1H3. The van der Waals surface area contributed by atoms with Crippen LogP contribution in [0, 0.1) is 11.8 Å². The van der Waals surface area contributed by atoms with Crippen molar-refractivity contribution in [3.63, 3.8) is 0 Å². The third kappa shape index (κ3) is 2.60. The van der Waals surface area contributed by atoms with Gasteiger partial charge in [-0.1, -0.05) is 18.5 Å². The van der Waals surface area contributed by atoms with Gasteiger partial charge in [0.15, 0.2) is 0 Å². The van der Waals surface area contributed by atoms with Crippen LogP contribution in [0.15, 0.2) is 12.1 Å². The molecule has 1 aliphatic rings. The maximum atomic E-state index is 11.9. The van der Waals surface area contributed by atoms with Gasteiger partial charge in [0.1, 0.15) is 5.78 Å². The Morgan fingerprint density at radius 1 is 1.67 bits per heavy atom. The first-order valence-electron chi connectivity index (χ1n) is 5.14. The Kier molecular flexibility index (Phi) is 3.44. The minimum Gasteiger partial charge on any atom is -0.316 e. The second-order valence-electron chi connectivity index (χ2n) is 4.06. The Hall–Kier alpha value is -0.380. The zero-order valence-electron chi connectivity index (χ0n) is 8.63. The van der Waals surface area contributed by atoms with E-state index in [1.54, 1.807) is 0 Å². The predicted octanol–water partition coefficient (Wildman–Crippen LogP) is 2.37. The van der Waals surface area contributed by atoms with Crippen LogP contribution in [0.25, 0.3) is 0 Å². The van der Waals surface area contributed by atoms with Crippen molar-refractivity contribution in [2.45, 2.75) is 13.3 Å². The highest BCUT2D eigenvalue weighted by Gasteiger charge is 2.28. The summed E-state index contributed by atoms with van der Waals surface area (Å²) in [7, 11) is 0. The summed E-state index contributed by atoms with van der Waals surface area (Å²) in [6.07, 6.45) is 0.537. The molecule has 1 fully saturated rings. The third-order valence-electron chi connectivity index (χ3n) is 3.01. The molecule has 0 amide bonds. The normalized spacial score (nSPS) is 18.5. The molecule has 1 unspecified atom stereocenters. The first-order valence-corrected chi connectivity index (χ1v) is 6.34. The summed E-state index contributed by atoms with van der Waals surface area (Å²) in [5.41, 5.74) is 0. The molecule has 2 rings (SSSR count). The topological polar surface area (TPSA) is 29.1 Å². The second-order valence-corrected chi connectivity index (χ2v) is 5.86. The van der Waals surface area contributed by atoms with Gasteiger partial charge >= 0.3 is 0 Å². The molecule has 4 heteroatoms. The molecular formula is C11H14ClNOS. The molecule has 1 N–H and O–H groups in total. The fraction of sp³-hybridized carbons (Fsp3) is 0.545. The van der Waals surface area contributed by atoms with Gasteiger partial charge < -0.3 is 5.32 Å². The van der Waals surface area contributed by atoms with Crippen molar-refractivity contribution in [1.82, 2.24) is 5.32 Å². The van der Waals surface area contributed by atoms with E-state index < -0.39 is 0 Å². The Balaban J connectivity index is 1.91. The van der Waals surface area contributed by atoms with E-state index in [2.05, 4.69) is 5.32 Å². The van der Waals surface area contributed by atoms with Crippen molar-refractivity contribution < 1.29 is 4.79 Å². The largest absolute Gasteiger partial charge is 0.316 e. The Labute approximate surface area is 98.6 Å². The molecule has 1 aliphatic heterocycles. The lowest BCUT2D eigenvalue weighted by atomic mass is 9.85. The van der Waals surface area contributed by atoms with Gasteiger partial charge in [-0.15, -0.1) is 11.3 Å². The molecule has 0 aromatic carbocycles. The van der Waals surface area contributed by atoms with Crippen molar-refractivity contribution in [1.29, 1.82) is 0 Å². The zero-order chi connectivity index (χ0) is 10.8. The lowest BCUT2D eigenvalue weighted by Gasteiger charge is -2.31. The molecule has 1 saturated heterocycles. The van der Waals surface area contributed by atoms with Crippen LogP contribution in [-0.2, 0) is 11.2 Å². The molecular weight excluding hydrogens is 230 g/mol. The molecule has 1 atom stereocenters. The summed E-state index contributed by atoms with van der Waals surface area (Å²) in [6.45, 7) is 4.00. The Bertz CT molecular complexity index is 359. The molecule has 0 radical (unpaired) electrons. The van der Waals surface area contributed by atoms with Crippen molar-refractivity contribution in [2.75, 3.05) is 13.1 Å². The Morgan fingerprint density at radius 2 is 2.40 bits per heavy atom. The van der Waals surface area contributed by atoms with Gasteiger partial charge in [0.05, 0.1) is 4.34 Å². The summed E-state index contributed by atoms with van der Waals surface area (Å²) in [4.78, 5) is 13.0. The molecule has 0 bridgehead atoms. The monoisotopic (exact) mass is 243 g/mol. The average molecular weight is 244 g/mol. The Morgan fingerprint density at radius 3 is 2.87 bits per heavy atom. The van der Waals surface area contributed by atoms with Gasteiger partial charge in [0.2, 0.25) is 0 Å². The lowest BCUT2D eigenvalue weighted by molar-refractivity contribution is -0.123. The van der Waals surface area contributed by atoms with Crippen LogP contribution in [0.5, 0.6) is 0 Å². The van der Waals surface area contributed by atoms with E-state index in [0.29, 0.717) is 18.1 Å². The number of Topliss-reactive ketones (excluding diaryl/α,β-unsaturated/α-hetero) is 1. The van der Waals surface area contributed by atoms with Gasteiger partial charge in [-0.2, -0.15) is 0 Å². The van der Waals surface area contributed by atoms with Crippen LogP contribution in [-0.4, -0.2) is 18.9 Å². The van der Waals surface area contributed by atoms with Crippen LogP contribution in [0.1, 0.15) is 11.8 Å². The van der Waals surface area contributed by atoms with Crippen molar-refractivity contribution in [3.05, 3.63) is 21.3 Å². The van der Waals surface area contributed by atoms with E-state index in [4.69, 9.17) is 11.6 Å². The van der Waals surface area contributed by atoms with E-state index in [-0.39, 0.29) is 5.92 Å². The fourth-order valence-corrected chi connectivity index (χ4v) is 2.80. The van der Waals surface area contributed by atoms with E-state index >= 15 is 0 Å². The van der Waals surface area contributed by atoms with Gasteiger partial charge in [0, 0.05) is 17.2 Å². The summed E-state index contributed by atoms with van der Waals surface area (Å²) in [5.74, 6) is 1.04. The zero-order valence-corrected chi connectivity index (χ0v) is 10.2. The minimum atomic E-state index is 0.173. The average Bonchev–Trinajstić information content (AvgIpc) is 2.48. The fourth-order valence-electron chi connectivity index (χ4n) is 1.71. The smallest absolute Gasteiger partial charge is 0.141 e. The maximum Gasteiger partial charge on any atom is 0.141 e. The van der Waals surface area contributed by atoms with Crippen LogP contribution in [0.4, 0.5) is 0 Å².